The van der Waals surface area contributed by atoms with E-state index in [0.29, 0.717) is 6.61 Å². The minimum absolute atomic E-state index is 0.0958. The van der Waals surface area contributed by atoms with Crippen molar-refractivity contribution in [2.24, 2.45) is 5.41 Å². The van der Waals surface area contributed by atoms with Gasteiger partial charge >= 0.3 is 5.97 Å². The zero-order chi connectivity index (χ0) is 11.3. The summed E-state index contributed by atoms with van der Waals surface area (Å²) in [4.78, 5) is 12.9. The molecular formula is C12H18O2S. The van der Waals surface area contributed by atoms with Crippen LogP contribution in [0, 0.1) is 5.41 Å². The third-order valence-electron chi connectivity index (χ3n) is 2.60. The molecule has 1 heterocycles. The molecule has 1 aromatic heterocycles. The maximum Gasteiger partial charge on any atom is 0.311 e. The molecule has 0 atom stereocenters. The van der Waals surface area contributed by atoms with Crippen molar-refractivity contribution in [3.05, 3.63) is 22.4 Å². The Labute approximate surface area is 95.3 Å². The Bertz CT molecular complexity index is 301. The van der Waals surface area contributed by atoms with E-state index < -0.39 is 0 Å². The largest absolute Gasteiger partial charge is 0.465 e. The van der Waals surface area contributed by atoms with Crippen LogP contribution in [0.1, 0.15) is 32.1 Å². The van der Waals surface area contributed by atoms with Crippen molar-refractivity contribution in [2.45, 2.75) is 33.6 Å². The Balaban J connectivity index is 2.29. The Morgan fingerprint density at radius 1 is 1.53 bits per heavy atom. The van der Waals surface area contributed by atoms with Gasteiger partial charge in [0.1, 0.15) is 0 Å². The molecule has 0 spiro atoms. The van der Waals surface area contributed by atoms with Crippen molar-refractivity contribution in [3.8, 4) is 0 Å². The van der Waals surface area contributed by atoms with Gasteiger partial charge in [-0.15, -0.1) is 11.3 Å². The van der Waals surface area contributed by atoms with Crippen LogP contribution in [0.2, 0.25) is 0 Å². The van der Waals surface area contributed by atoms with Crippen LogP contribution in [0.3, 0.4) is 0 Å². The first kappa shape index (κ1) is 12.2. The first-order valence-corrected chi connectivity index (χ1v) is 6.14. The van der Waals surface area contributed by atoms with Crippen molar-refractivity contribution in [1.82, 2.24) is 0 Å². The number of carbonyl (C=O) groups excluding carboxylic acids is 1. The molecule has 0 N–H and O–H groups in total. The Kier molecular flexibility index (Phi) is 4.33. The normalized spacial score (nSPS) is 11.4. The highest BCUT2D eigenvalue weighted by atomic mass is 32.1. The zero-order valence-electron chi connectivity index (χ0n) is 9.58. The monoisotopic (exact) mass is 226 g/mol. The fourth-order valence-corrected chi connectivity index (χ4v) is 1.73. The molecule has 0 aromatic carbocycles. The molecule has 0 aliphatic rings. The zero-order valence-corrected chi connectivity index (χ0v) is 10.4. The number of rotatable bonds is 5. The third kappa shape index (κ3) is 3.67. The molecule has 0 fully saturated rings. The van der Waals surface area contributed by atoms with Gasteiger partial charge in [0.15, 0.2) is 0 Å². The molecule has 1 aromatic rings. The van der Waals surface area contributed by atoms with E-state index in [1.807, 2.05) is 32.2 Å². The van der Waals surface area contributed by atoms with Gasteiger partial charge in [0, 0.05) is 11.3 Å². The second-order valence-electron chi connectivity index (χ2n) is 4.20. The smallest absolute Gasteiger partial charge is 0.311 e. The van der Waals surface area contributed by atoms with Crippen LogP contribution < -0.4 is 0 Å². The first-order chi connectivity index (χ1) is 7.06. The summed E-state index contributed by atoms with van der Waals surface area (Å²) in [5.74, 6) is -0.0958. The SMILES string of the molecule is CCC(C)(C)C(=O)OCCc1cccs1. The molecule has 1 rings (SSSR count). The molecule has 84 valence electrons. The Morgan fingerprint density at radius 3 is 2.80 bits per heavy atom. The molecule has 2 nitrogen and oxygen atoms in total. The summed E-state index contributed by atoms with van der Waals surface area (Å²) in [6, 6.07) is 4.07. The van der Waals surface area contributed by atoms with Crippen LogP contribution in [0.15, 0.2) is 17.5 Å². The number of thiophene rings is 1. The summed E-state index contributed by atoms with van der Waals surface area (Å²) >= 11 is 1.70. The van der Waals surface area contributed by atoms with Crippen LogP contribution in [0.4, 0.5) is 0 Å². The van der Waals surface area contributed by atoms with Crippen LogP contribution >= 0.6 is 11.3 Å². The van der Waals surface area contributed by atoms with Crippen LogP contribution in [0.5, 0.6) is 0 Å². The average molecular weight is 226 g/mol. The summed E-state index contributed by atoms with van der Waals surface area (Å²) in [7, 11) is 0. The lowest BCUT2D eigenvalue weighted by Crippen LogP contribution is -2.26. The van der Waals surface area contributed by atoms with E-state index in [4.69, 9.17) is 4.74 Å². The predicted octanol–water partition coefficient (Wildman–Crippen LogP) is 3.27. The van der Waals surface area contributed by atoms with Crippen molar-refractivity contribution in [2.75, 3.05) is 6.61 Å². The van der Waals surface area contributed by atoms with Gasteiger partial charge < -0.3 is 4.74 Å². The molecule has 0 saturated heterocycles. The number of hydrogen-bond acceptors (Lipinski definition) is 3. The minimum Gasteiger partial charge on any atom is -0.465 e. The molecule has 0 saturated carbocycles. The highest BCUT2D eigenvalue weighted by molar-refractivity contribution is 7.09. The van der Waals surface area contributed by atoms with Gasteiger partial charge in [0.05, 0.1) is 12.0 Å². The molecule has 0 aliphatic carbocycles. The molecule has 3 heteroatoms. The van der Waals surface area contributed by atoms with Gasteiger partial charge in [-0.05, 0) is 31.7 Å². The second-order valence-corrected chi connectivity index (χ2v) is 5.23. The summed E-state index contributed by atoms with van der Waals surface area (Å²) in [5.41, 5.74) is -0.352. The van der Waals surface area contributed by atoms with Gasteiger partial charge in [-0.3, -0.25) is 4.79 Å². The standard InChI is InChI=1S/C12H18O2S/c1-4-12(2,3)11(13)14-8-7-10-6-5-9-15-10/h5-6,9H,4,7-8H2,1-3H3. The quantitative estimate of drug-likeness (QED) is 0.720. The van der Waals surface area contributed by atoms with E-state index in [-0.39, 0.29) is 11.4 Å². The summed E-state index contributed by atoms with van der Waals surface area (Å²) in [6.07, 6.45) is 1.63. The maximum atomic E-state index is 11.6. The first-order valence-electron chi connectivity index (χ1n) is 5.26. The van der Waals surface area contributed by atoms with Crippen molar-refractivity contribution in [3.63, 3.8) is 0 Å². The van der Waals surface area contributed by atoms with Crippen LogP contribution in [-0.4, -0.2) is 12.6 Å². The van der Waals surface area contributed by atoms with E-state index in [0.717, 1.165) is 12.8 Å². The molecule has 0 bridgehead atoms. The highest BCUT2D eigenvalue weighted by Crippen LogP contribution is 2.21. The van der Waals surface area contributed by atoms with Crippen LogP contribution in [-0.2, 0) is 16.0 Å². The van der Waals surface area contributed by atoms with E-state index in [1.54, 1.807) is 11.3 Å². The van der Waals surface area contributed by atoms with E-state index >= 15 is 0 Å². The number of hydrogen-bond donors (Lipinski definition) is 0. The molecule has 0 amide bonds. The lowest BCUT2D eigenvalue weighted by molar-refractivity contribution is -0.154. The second kappa shape index (κ2) is 5.31. The molecule has 0 aliphatic heterocycles. The van der Waals surface area contributed by atoms with E-state index in [9.17, 15) is 4.79 Å². The number of ether oxygens (including phenoxy) is 1. The number of esters is 1. The molecular weight excluding hydrogens is 208 g/mol. The van der Waals surface area contributed by atoms with Gasteiger partial charge in [-0.1, -0.05) is 13.0 Å². The van der Waals surface area contributed by atoms with Crippen molar-refractivity contribution >= 4 is 17.3 Å². The van der Waals surface area contributed by atoms with E-state index in [1.165, 1.54) is 4.88 Å². The lowest BCUT2D eigenvalue weighted by atomic mass is 9.91. The van der Waals surface area contributed by atoms with E-state index in [2.05, 4.69) is 6.07 Å². The van der Waals surface area contributed by atoms with Gasteiger partial charge in [0.2, 0.25) is 0 Å². The minimum atomic E-state index is -0.352. The Hall–Kier alpha value is -0.830. The molecule has 0 radical (unpaired) electrons. The Morgan fingerprint density at radius 2 is 2.27 bits per heavy atom. The molecule has 0 unspecified atom stereocenters. The van der Waals surface area contributed by atoms with Crippen LogP contribution in [0.25, 0.3) is 0 Å². The fourth-order valence-electron chi connectivity index (χ4n) is 1.04. The lowest BCUT2D eigenvalue weighted by Gasteiger charge is -2.20. The average Bonchev–Trinajstić information content (AvgIpc) is 2.70. The summed E-state index contributed by atoms with van der Waals surface area (Å²) in [5, 5.41) is 2.03. The topological polar surface area (TPSA) is 26.3 Å². The predicted molar refractivity (Wildman–Crippen MR) is 63.1 cm³/mol. The number of carbonyl (C=O) groups is 1. The summed E-state index contributed by atoms with van der Waals surface area (Å²) in [6.45, 7) is 6.32. The highest BCUT2D eigenvalue weighted by Gasteiger charge is 2.26. The van der Waals surface area contributed by atoms with Gasteiger partial charge in [-0.25, -0.2) is 0 Å². The fraction of sp³-hybridized carbons (Fsp3) is 0.583. The summed E-state index contributed by atoms with van der Waals surface area (Å²) < 4.78 is 5.24. The molecule has 15 heavy (non-hydrogen) atoms. The van der Waals surface area contributed by atoms with Crippen molar-refractivity contribution < 1.29 is 9.53 Å². The van der Waals surface area contributed by atoms with Gasteiger partial charge in [0.25, 0.3) is 0 Å². The third-order valence-corrected chi connectivity index (χ3v) is 3.53. The maximum absolute atomic E-state index is 11.6. The van der Waals surface area contributed by atoms with Gasteiger partial charge in [-0.2, -0.15) is 0 Å². The van der Waals surface area contributed by atoms with Crippen molar-refractivity contribution in [1.29, 1.82) is 0 Å².